The lowest BCUT2D eigenvalue weighted by Crippen LogP contribution is -2.28. The Labute approximate surface area is 203 Å². The maximum Gasteiger partial charge on any atom is 0.261 e. The fourth-order valence-corrected chi connectivity index (χ4v) is 4.25. The molecule has 0 spiro atoms. The van der Waals surface area contributed by atoms with Crippen LogP contribution in [0.3, 0.4) is 0 Å². The van der Waals surface area contributed by atoms with Crippen molar-refractivity contribution in [1.82, 2.24) is 5.32 Å². The Kier molecular flexibility index (Phi) is 9.04. The van der Waals surface area contributed by atoms with E-state index in [9.17, 15) is 22.7 Å². The second kappa shape index (κ2) is 12.2. The molecule has 0 unspecified atom stereocenters. The molecule has 0 atom stereocenters. The highest BCUT2D eigenvalue weighted by Crippen LogP contribution is 2.29. The number of halogens is 1. The van der Waals surface area contributed by atoms with Crippen LogP contribution in [0.4, 0.5) is 10.1 Å². The SMILES string of the molecule is COc1cc(NS(=O)(=O)c2ccc(CCCNC(=O)COCc3ccc(F)cc3)cc2)ccc1O. The number of nitrogens with one attached hydrogen (secondary N) is 2. The standard InChI is InChI=1S/C25H27FN2O6S/c1-33-24-15-21(10-13-23(24)29)28-35(31,32)22-11-6-18(7-12-22)3-2-14-27-25(30)17-34-16-19-4-8-20(26)9-5-19/h4-13,15,28-29H,2-3,14,16-17H2,1H3,(H,27,30). The molecular formula is C25H27FN2O6S. The Balaban J connectivity index is 1.40. The van der Waals surface area contributed by atoms with E-state index < -0.39 is 10.0 Å². The highest BCUT2D eigenvalue weighted by Gasteiger charge is 2.15. The maximum absolute atomic E-state index is 12.9. The third-order valence-electron chi connectivity index (χ3n) is 5.05. The van der Waals surface area contributed by atoms with Crippen molar-refractivity contribution in [3.63, 3.8) is 0 Å². The number of aromatic hydroxyl groups is 1. The number of carbonyl (C=O) groups excluding carboxylic acids is 1. The van der Waals surface area contributed by atoms with E-state index in [0.29, 0.717) is 19.4 Å². The first-order valence-corrected chi connectivity index (χ1v) is 12.3. The molecular weight excluding hydrogens is 475 g/mol. The van der Waals surface area contributed by atoms with Gasteiger partial charge in [0.15, 0.2) is 11.5 Å². The van der Waals surface area contributed by atoms with Crippen LogP contribution < -0.4 is 14.8 Å². The Morgan fingerprint density at radius 3 is 2.37 bits per heavy atom. The number of benzene rings is 3. The van der Waals surface area contributed by atoms with Gasteiger partial charge in [0.2, 0.25) is 5.91 Å². The molecule has 0 saturated carbocycles. The van der Waals surface area contributed by atoms with Gasteiger partial charge in [-0.15, -0.1) is 0 Å². The predicted octanol–water partition coefficient (Wildman–Crippen LogP) is 3.61. The van der Waals surface area contributed by atoms with Gasteiger partial charge in [0.25, 0.3) is 10.0 Å². The summed E-state index contributed by atoms with van der Waals surface area (Å²) in [6.45, 7) is 0.574. The van der Waals surface area contributed by atoms with Gasteiger partial charge in [-0.05, 0) is 60.4 Å². The summed E-state index contributed by atoms with van der Waals surface area (Å²) in [5.41, 5.74) is 1.97. The zero-order valence-corrected chi connectivity index (χ0v) is 20.0. The summed E-state index contributed by atoms with van der Waals surface area (Å²) in [7, 11) is -2.44. The average molecular weight is 503 g/mol. The molecule has 0 radical (unpaired) electrons. The number of rotatable bonds is 12. The van der Waals surface area contributed by atoms with Crippen LogP contribution in [-0.2, 0) is 32.6 Å². The molecule has 8 nitrogen and oxygen atoms in total. The fourth-order valence-electron chi connectivity index (χ4n) is 3.20. The number of sulfonamides is 1. The molecule has 0 aliphatic heterocycles. The Morgan fingerprint density at radius 2 is 1.69 bits per heavy atom. The molecule has 3 aromatic carbocycles. The van der Waals surface area contributed by atoms with E-state index in [4.69, 9.17) is 9.47 Å². The lowest BCUT2D eigenvalue weighted by atomic mass is 10.1. The van der Waals surface area contributed by atoms with Gasteiger partial charge in [-0.25, -0.2) is 12.8 Å². The van der Waals surface area contributed by atoms with Crippen LogP contribution in [0, 0.1) is 5.82 Å². The van der Waals surface area contributed by atoms with Crippen LogP contribution in [0.2, 0.25) is 0 Å². The molecule has 0 heterocycles. The summed E-state index contributed by atoms with van der Waals surface area (Å²) in [6, 6.07) is 16.5. The van der Waals surface area contributed by atoms with Crippen molar-refractivity contribution in [2.45, 2.75) is 24.3 Å². The summed E-state index contributed by atoms with van der Waals surface area (Å²) < 4.78 is 50.9. The highest BCUT2D eigenvalue weighted by molar-refractivity contribution is 7.92. The van der Waals surface area contributed by atoms with Gasteiger partial charge in [-0.2, -0.15) is 0 Å². The number of hydrogen-bond acceptors (Lipinski definition) is 6. The van der Waals surface area contributed by atoms with Crippen molar-refractivity contribution >= 4 is 21.6 Å². The fraction of sp³-hybridized carbons (Fsp3) is 0.240. The van der Waals surface area contributed by atoms with E-state index >= 15 is 0 Å². The highest BCUT2D eigenvalue weighted by atomic mass is 32.2. The van der Waals surface area contributed by atoms with Crippen molar-refractivity contribution in [1.29, 1.82) is 0 Å². The minimum atomic E-state index is -3.81. The molecule has 3 N–H and O–H groups in total. The van der Waals surface area contributed by atoms with Gasteiger partial charge < -0.3 is 19.9 Å². The number of anilines is 1. The Bertz CT molecular complexity index is 1230. The quantitative estimate of drug-likeness (QED) is 0.258. The maximum atomic E-state index is 12.9. The third kappa shape index (κ3) is 7.97. The Hall–Kier alpha value is -3.63. The van der Waals surface area contributed by atoms with Crippen molar-refractivity contribution in [2.75, 3.05) is 25.0 Å². The molecule has 0 aliphatic carbocycles. The van der Waals surface area contributed by atoms with Gasteiger partial charge in [0.05, 0.1) is 24.3 Å². The molecule has 0 saturated heterocycles. The van der Waals surface area contributed by atoms with E-state index in [-0.39, 0.29) is 47.0 Å². The Morgan fingerprint density at radius 1 is 1.00 bits per heavy atom. The van der Waals surface area contributed by atoms with Crippen molar-refractivity contribution in [3.8, 4) is 11.5 Å². The monoisotopic (exact) mass is 502 g/mol. The summed E-state index contributed by atoms with van der Waals surface area (Å²) in [6.07, 6.45) is 1.32. The van der Waals surface area contributed by atoms with Gasteiger partial charge in [0, 0.05) is 12.6 Å². The van der Waals surface area contributed by atoms with Gasteiger partial charge >= 0.3 is 0 Å². The van der Waals surface area contributed by atoms with E-state index in [1.165, 1.54) is 49.6 Å². The lowest BCUT2D eigenvalue weighted by molar-refractivity contribution is -0.126. The number of carbonyl (C=O) groups is 1. The largest absolute Gasteiger partial charge is 0.504 e. The first-order chi connectivity index (χ1) is 16.8. The summed E-state index contributed by atoms with van der Waals surface area (Å²) in [5.74, 6) is -0.499. The zero-order valence-electron chi connectivity index (χ0n) is 19.2. The molecule has 10 heteroatoms. The van der Waals surface area contributed by atoms with Crippen LogP contribution in [0.5, 0.6) is 11.5 Å². The molecule has 0 fully saturated rings. The second-order valence-corrected chi connectivity index (χ2v) is 9.39. The van der Waals surface area contributed by atoms with Crippen LogP contribution in [0.15, 0.2) is 71.6 Å². The zero-order chi connectivity index (χ0) is 25.3. The van der Waals surface area contributed by atoms with Gasteiger partial charge in [-0.3, -0.25) is 9.52 Å². The number of methoxy groups -OCH3 is 1. The van der Waals surface area contributed by atoms with Gasteiger partial charge in [-0.1, -0.05) is 24.3 Å². The summed E-state index contributed by atoms with van der Waals surface area (Å²) >= 11 is 0. The lowest BCUT2D eigenvalue weighted by Gasteiger charge is -2.11. The first-order valence-electron chi connectivity index (χ1n) is 10.8. The van der Waals surface area contributed by atoms with Crippen molar-refractivity contribution < 1.29 is 32.2 Å². The smallest absolute Gasteiger partial charge is 0.261 e. The predicted molar refractivity (Wildman–Crippen MR) is 129 cm³/mol. The van der Waals surface area contributed by atoms with Crippen molar-refractivity contribution in [3.05, 3.63) is 83.7 Å². The average Bonchev–Trinajstić information content (AvgIpc) is 2.84. The number of aryl methyl sites for hydroxylation is 1. The third-order valence-corrected chi connectivity index (χ3v) is 6.44. The van der Waals surface area contributed by atoms with Crippen LogP contribution in [0.1, 0.15) is 17.5 Å². The normalized spacial score (nSPS) is 11.1. The van der Waals surface area contributed by atoms with E-state index in [0.717, 1.165) is 11.1 Å². The molecule has 3 rings (SSSR count). The van der Waals surface area contributed by atoms with E-state index in [1.807, 2.05) is 0 Å². The number of phenolic OH excluding ortho intramolecular Hbond substituents is 1. The minimum Gasteiger partial charge on any atom is -0.504 e. The first kappa shape index (κ1) is 26.0. The van der Waals surface area contributed by atoms with Crippen LogP contribution >= 0.6 is 0 Å². The summed E-state index contributed by atoms with van der Waals surface area (Å²) in [5, 5.41) is 12.4. The topological polar surface area (TPSA) is 114 Å². The number of ether oxygens (including phenoxy) is 2. The van der Waals surface area contributed by atoms with Crippen molar-refractivity contribution in [2.24, 2.45) is 0 Å². The van der Waals surface area contributed by atoms with Crippen LogP contribution in [0.25, 0.3) is 0 Å². The molecule has 0 aliphatic rings. The molecule has 0 aromatic heterocycles. The second-order valence-electron chi connectivity index (χ2n) is 7.71. The number of phenols is 1. The van der Waals surface area contributed by atoms with E-state index in [2.05, 4.69) is 10.0 Å². The minimum absolute atomic E-state index is 0.0893. The van der Waals surface area contributed by atoms with Crippen LogP contribution in [-0.4, -0.2) is 39.7 Å². The van der Waals surface area contributed by atoms with E-state index in [1.54, 1.807) is 24.3 Å². The molecule has 186 valence electrons. The molecule has 0 bridgehead atoms. The number of amides is 1. The molecule has 35 heavy (non-hydrogen) atoms. The molecule has 3 aromatic rings. The molecule has 1 amide bonds. The number of hydrogen-bond donors (Lipinski definition) is 3. The van der Waals surface area contributed by atoms with Gasteiger partial charge in [0.1, 0.15) is 12.4 Å². The summed E-state index contributed by atoms with van der Waals surface area (Å²) in [4.78, 5) is 12.0.